The van der Waals surface area contributed by atoms with E-state index in [1.165, 1.54) is 36.8 Å². The van der Waals surface area contributed by atoms with E-state index in [0.29, 0.717) is 5.92 Å². The standard InChI is InChI=1S/C26H33NO2/c1-25-11-9-17(15-24(28)29)14-19(25)5-6-20-22-8-7-21(18-4-3-13-27-16-18)26(22,2)12-10-23(20)25/h3-5,7,13,16-17,20,22-23H,6,8-12,14-15H2,1-2H3,(H,28,29)/p-1/t17-,20-,22-,23-,25-,26+/m0/s1. The minimum atomic E-state index is -0.888. The van der Waals surface area contributed by atoms with Gasteiger partial charge in [0.1, 0.15) is 0 Å². The summed E-state index contributed by atoms with van der Waals surface area (Å²) in [4.78, 5) is 15.5. The third-order valence-corrected chi connectivity index (χ3v) is 9.21. The molecule has 0 N–H and O–H groups in total. The van der Waals surface area contributed by atoms with Crippen molar-refractivity contribution in [3.63, 3.8) is 0 Å². The minimum Gasteiger partial charge on any atom is -0.550 e. The number of aromatic nitrogens is 1. The normalized spacial score (nSPS) is 40.9. The number of nitrogens with zero attached hydrogens (tertiary/aromatic N) is 1. The molecule has 0 saturated heterocycles. The number of carboxylic acid groups (broad SMARTS) is 1. The highest BCUT2D eigenvalue weighted by Gasteiger charge is 2.56. The third kappa shape index (κ3) is 2.92. The van der Waals surface area contributed by atoms with Gasteiger partial charge < -0.3 is 9.90 Å². The van der Waals surface area contributed by atoms with E-state index in [4.69, 9.17) is 0 Å². The molecule has 0 radical (unpaired) electrons. The Kier molecular flexibility index (Phi) is 4.49. The fraction of sp³-hybridized carbons (Fsp3) is 0.615. The Bertz CT molecular complexity index is 872. The predicted molar refractivity (Wildman–Crippen MR) is 112 cm³/mol. The summed E-state index contributed by atoms with van der Waals surface area (Å²) in [6.45, 7) is 4.98. The van der Waals surface area contributed by atoms with E-state index in [1.54, 1.807) is 5.57 Å². The molecule has 1 aromatic rings. The van der Waals surface area contributed by atoms with Gasteiger partial charge in [-0.15, -0.1) is 0 Å². The third-order valence-electron chi connectivity index (χ3n) is 9.21. The molecule has 4 aliphatic carbocycles. The van der Waals surface area contributed by atoms with Gasteiger partial charge in [0.15, 0.2) is 0 Å². The van der Waals surface area contributed by atoms with Gasteiger partial charge in [0.05, 0.1) is 0 Å². The molecule has 0 amide bonds. The Morgan fingerprint density at radius 1 is 1.14 bits per heavy atom. The summed E-state index contributed by atoms with van der Waals surface area (Å²) in [6.07, 6.45) is 17.2. The molecule has 0 bridgehead atoms. The van der Waals surface area contributed by atoms with Crippen molar-refractivity contribution in [1.82, 2.24) is 4.98 Å². The second-order valence-corrected chi connectivity index (χ2v) is 10.5. The first-order valence-corrected chi connectivity index (χ1v) is 11.4. The maximum Gasteiger partial charge on any atom is 0.0417 e. The van der Waals surface area contributed by atoms with E-state index >= 15 is 0 Å². The Labute approximate surface area is 174 Å². The number of carboxylic acids is 1. The van der Waals surface area contributed by atoms with E-state index in [-0.39, 0.29) is 23.2 Å². The molecule has 0 unspecified atom stereocenters. The van der Waals surface area contributed by atoms with Gasteiger partial charge in [0.25, 0.3) is 0 Å². The van der Waals surface area contributed by atoms with E-state index in [9.17, 15) is 9.90 Å². The molecule has 0 aliphatic heterocycles. The van der Waals surface area contributed by atoms with E-state index in [2.05, 4.69) is 43.1 Å². The minimum absolute atomic E-state index is 0.223. The zero-order valence-electron chi connectivity index (χ0n) is 17.7. The summed E-state index contributed by atoms with van der Waals surface area (Å²) in [7, 11) is 0. The van der Waals surface area contributed by atoms with Crippen LogP contribution in [0, 0.1) is 34.5 Å². The molecule has 0 aromatic carbocycles. The average Bonchev–Trinajstić information content (AvgIpc) is 3.06. The SMILES string of the molecule is C[C@]12CC[C@H](CC(=O)[O-])CC1=CC[C@@H]1[C@@H]2CC[C@]2(C)C(c3cccnc3)=CC[C@@H]12. The van der Waals surface area contributed by atoms with Crippen molar-refractivity contribution in [2.45, 2.75) is 65.2 Å². The molecule has 5 rings (SSSR count). The van der Waals surface area contributed by atoms with Crippen molar-refractivity contribution in [1.29, 1.82) is 0 Å². The molecule has 29 heavy (non-hydrogen) atoms. The van der Waals surface area contributed by atoms with Gasteiger partial charge in [-0.05, 0) is 103 Å². The molecule has 0 spiro atoms. The van der Waals surface area contributed by atoms with Gasteiger partial charge in [0.2, 0.25) is 0 Å². The molecule has 6 atom stereocenters. The maximum absolute atomic E-state index is 11.1. The summed E-state index contributed by atoms with van der Waals surface area (Å²) in [5.41, 5.74) is 4.91. The van der Waals surface area contributed by atoms with Crippen molar-refractivity contribution in [2.24, 2.45) is 34.5 Å². The van der Waals surface area contributed by atoms with Crippen LogP contribution >= 0.6 is 0 Å². The number of fused-ring (bicyclic) bond motifs is 5. The number of carbonyl (C=O) groups is 1. The largest absolute Gasteiger partial charge is 0.550 e. The van der Waals surface area contributed by atoms with Gasteiger partial charge in [-0.25, -0.2) is 0 Å². The average molecular weight is 391 g/mol. The number of rotatable bonds is 3. The highest BCUT2D eigenvalue weighted by molar-refractivity contribution is 5.72. The van der Waals surface area contributed by atoms with Crippen LogP contribution in [0.25, 0.3) is 5.57 Å². The summed E-state index contributed by atoms with van der Waals surface area (Å²) >= 11 is 0. The van der Waals surface area contributed by atoms with Gasteiger partial charge >= 0.3 is 0 Å². The van der Waals surface area contributed by atoms with Gasteiger partial charge in [0, 0.05) is 18.4 Å². The van der Waals surface area contributed by atoms with Crippen molar-refractivity contribution in [3.05, 3.63) is 47.8 Å². The van der Waals surface area contributed by atoms with E-state index in [0.717, 1.165) is 31.1 Å². The number of carbonyl (C=O) groups excluding carboxylic acids is 1. The zero-order valence-corrected chi connectivity index (χ0v) is 17.7. The fourth-order valence-electron chi connectivity index (χ4n) is 7.68. The van der Waals surface area contributed by atoms with Crippen LogP contribution in [-0.4, -0.2) is 11.0 Å². The first kappa shape index (κ1) is 19.1. The van der Waals surface area contributed by atoms with Crippen LogP contribution in [0.15, 0.2) is 42.3 Å². The molecule has 1 aromatic heterocycles. The smallest absolute Gasteiger partial charge is 0.0417 e. The lowest BCUT2D eigenvalue weighted by atomic mass is 9.47. The summed E-state index contributed by atoms with van der Waals surface area (Å²) in [5, 5.41) is 11.1. The molecule has 2 saturated carbocycles. The molecule has 2 fully saturated rings. The highest BCUT2D eigenvalue weighted by Crippen LogP contribution is 2.66. The van der Waals surface area contributed by atoms with Crippen LogP contribution in [0.4, 0.5) is 0 Å². The topological polar surface area (TPSA) is 53.0 Å². The van der Waals surface area contributed by atoms with Crippen LogP contribution in [-0.2, 0) is 4.79 Å². The molecule has 4 aliphatic rings. The Morgan fingerprint density at radius 3 is 2.72 bits per heavy atom. The van der Waals surface area contributed by atoms with Crippen LogP contribution < -0.4 is 5.11 Å². The van der Waals surface area contributed by atoms with E-state index < -0.39 is 5.97 Å². The number of aliphatic carboxylic acids is 1. The Morgan fingerprint density at radius 2 is 1.97 bits per heavy atom. The lowest BCUT2D eigenvalue weighted by Gasteiger charge is -2.58. The second kappa shape index (κ2) is 6.82. The summed E-state index contributed by atoms with van der Waals surface area (Å²) in [6, 6.07) is 4.28. The highest BCUT2D eigenvalue weighted by atomic mass is 16.4. The maximum atomic E-state index is 11.1. The van der Waals surface area contributed by atoms with Gasteiger partial charge in [-0.2, -0.15) is 0 Å². The summed E-state index contributed by atoms with van der Waals surface area (Å²) in [5.74, 6) is 1.58. The molecule has 3 nitrogen and oxygen atoms in total. The predicted octanol–water partition coefficient (Wildman–Crippen LogP) is 4.79. The van der Waals surface area contributed by atoms with Crippen LogP contribution in [0.2, 0.25) is 0 Å². The fourth-order valence-corrected chi connectivity index (χ4v) is 7.68. The van der Waals surface area contributed by atoms with Crippen LogP contribution in [0.5, 0.6) is 0 Å². The lowest BCUT2D eigenvalue weighted by Crippen LogP contribution is -2.49. The molecule has 1 heterocycles. The van der Waals surface area contributed by atoms with Crippen molar-refractivity contribution in [3.8, 4) is 0 Å². The van der Waals surface area contributed by atoms with Gasteiger partial charge in [-0.1, -0.05) is 37.6 Å². The van der Waals surface area contributed by atoms with Gasteiger partial charge in [-0.3, -0.25) is 4.98 Å². The Balaban J connectivity index is 1.41. The van der Waals surface area contributed by atoms with Crippen molar-refractivity contribution >= 4 is 11.5 Å². The second-order valence-electron chi connectivity index (χ2n) is 10.5. The number of hydrogen-bond donors (Lipinski definition) is 0. The van der Waals surface area contributed by atoms with Crippen LogP contribution in [0.3, 0.4) is 0 Å². The van der Waals surface area contributed by atoms with Crippen molar-refractivity contribution in [2.75, 3.05) is 0 Å². The number of allylic oxidation sites excluding steroid dienone is 4. The monoisotopic (exact) mass is 390 g/mol. The molecule has 3 heteroatoms. The molecular formula is C26H32NO2-. The quantitative estimate of drug-likeness (QED) is 0.697. The molecular weight excluding hydrogens is 358 g/mol. The Hall–Kier alpha value is -1.90. The number of pyridine rings is 1. The first-order chi connectivity index (χ1) is 13.9. The lowest BCUT2D eigenvalue weighted by molar-refractivity contribution is -0.307. The zero-order chi connectivity index (χ0) is 20.2. The number of hydrogen-bond acceptors (Lipinski definition) is 3. The van der Waals surface area contributed by atoms with E-state index in [1.807, 2.05) is 12.4 Å². The first-order valence-electron chi connectivity index (χ1n) is 11.4. The van der Waals surface area contributed by atoms with Crippen molar-refractivity contribution < 1.29 is 9.90 Å². The molecule has 154 valence electrons. The summed E-state index contributed by atoms with van der Waals surface area (Å²) < 4.78 is 0. The van der Waals surface area contributed by atoms with Crippen LogP contribution in [0.1, 0.15) is 70.8 Å².